The Morgan fingerprint density at radius 2 is 2.35 bits per heavy atom. The van der Waals surface area contributed by atoms with Crippen molar-refractivity contribution in [2.45, 2.75) is 42.3 Å². The van der Waals surface area contributed by atoms with Crippen molar-refractivity contribution in [1.29, 1.82) is 0 Å². The second kappa shape index (κ2) is 5.49. The molecule has 0 bridgehead atoms. The molecule has 0 amide bonds. The minimum absolute atomic E-state index is 0.0316. The van der Waals surface area contributed by atoms with Crippen LogP contribution < -0.4 is 0 Å². The third kappa shape index (κ3) is 2.98. The monoisotopic (exact) mass is 311 g/mol. The van der Waals surface area contributed by atoms with Gasteiger partial charge < -0.3 is 5.11 Å². The number of nitrogens with zero attached hydrogens (tertiary/aromatic N) is 5. The van der Waals surface area contributed by atoms with Gasteiger partial charge >= 0.3 is 5.97 Å². The fraction of sp³-hybridized carbons (Fsp3) is 0.545. The largest absolute Gasteiger partial charge is 0.481 e. The van der Waals surface area contributed by atoms with Gasteiger partial charge in [-0.2, -0.15) is 0 Å². The lowest BCUT2D eigenvalue weighted by atomic mass is 10.3. The number of carboxylic acids is 1. The fourth-order valence-electron chi connectivity index (χ4n) is 1.80. The molecule has 0 aliphatic heterocycles. The first-order valence-electron chi connectivity index (χ1n) is 6.21. The lowest BCUT2D eigenvalue weighted by Crippen LogP contribution is -2.02. The summed E-state index contributed by atoms with van der Waals surface area (Å²) in [4.78, 5) is 15.9. The van der Waals surface area contributed by atoms with Crippen LogP contribution in [0.15, 0.2) is 4.34 Å². The Bertz CT molecular complexity index is 635. The molecule has 1 saturated carbocycles. The highest BCUT2D eigenvalue weighted by molar-refractivity contribution is 8.00. The Balaban J connectivity index is 1.66. The van der Waals surface area contributed by atoms with E-state index in [1.807, 2.05) is 11.6 Å². The normalized spacial score (nSPS) is 14.7. The molecule has 1 N–H and O–H groups in total. The summed E-state index contributed by atoms with van der Waals surface area (Å²) < 4.78 is 2.75. The minimum Gasteiger partial charge on any atom is -0.481 e. The second-order valence-electron chi connectivity index (χ2n) is 4.62. The molecule has 0 saturated heterocycles. The van der Waals surface area contributed by atoms with Gasteiger partial charge in [-0.05, 0) is 30.2 Å². The first kappa shape index (κ1) is 13.5. The van der Waals surface area contributed by atoms with Crippen LogP contribution in [-0.4, -0.2) is 36.3 Å². The van der Waals surface area contributed by atoms with E-state index in [-0.39, 0.29) is 6.42 Å². The van der Waals surface area contributed by atoms with Crippen molar-refractivity contribution in [3.8, 4) is 0 Å². The van der Waals surface area contributed by atoms with Gasteiger partial charge in [0.25, 0.3) is 0 Å². The number of tetrazole rings is 1. The summed E-state index contributed by atoms with van der Waals surface area (Å²) in [5.74, 6) is 0.680. The number of aromatic nitrogens is 5. The molecule has 2 heterocycles. The molecular formula is C11H13N5O2S2. The molecule has 106 valence electrons. The van der Waals surface area contributed by atoms with E-state index in [2.05, 4.69) is 20.5 Å². The minimum atomic E-state index is -0.828. The highest BCUT2D eigenvalue weighted by Crippen LogP contribution is 2.36. The molecule has 9 heteroatoms. The Morgan fingerprint density at radius 3 is 3.05 bits per heavy atom. The quantitative estimate of drug-likeness (QED) is 0.811. The van der Waals surface area contributed by atoms with E-state index < -0.39 is 5.97 Å². The molecule has 2 aromatic heterocycles. The van der Waals surface area contributed by atoms with Crippen LogP contribution in [0.2, 0.25) is 0 Å². The third-order valence-electron chi connectivity index (χ3n) is 2.96. The maximum absolute atomic E-state index is 10.7. The molecule has 20 heavy (non-hydrogen) atoms. The van der Waals surface area contributed by atoms with Crippen molar-refractivity contribution in [2.75, 3.05) is 0 Å². The summed E-state index contributed by atoms with van der Waals surface area (Å²) >= 11 is 2.98. The van der Waals surface area contributed by atoms with Gasteiger partial charge in [-0.15, -0.1) is 16.4 Å². The van der Waals surface area contributed by atoms with Crippen molar-refractivity contribution in [1.82, 2.24) is 25.2 Å². The van der Waals surface area contributed by atoms with E-state index in [1.165, 1.54) is 11.3 Å². The zero-order valence-corrected chi connectivity index (χ0v) is 12.4. The zero-order valence-electron chi connectivity index (χ0n) is 10.8. The summed E-state index contributed by atoms with van der Waals surface area (Å²) in [5.41, 5.74) is 0.793. The predicted octanol–water partition coefficient (Wildman–Crippen LogP) is 1.69. The standard InChI is InChI=1S/C11H13N5O2S2/c1-6-8(4-10(17)18)20-11(12-6)19-5-9-13-14-15-16(9)7-2-3-7/h7H,2-5H2,1H3,(H,17,18). The molecule has 0 radical (unpaired) electrons. The lowest BCUT2D eigenvalue weighted by Gasteiger charge is -2.00. The van der Waals surface area contributed by atoms with Crippen LogP contribution in [0.3, 0.4) is 0 Å². The van der Waals surface area contributed by atoms with Gasteiger partial charge in [0.15, 0.2) is 10.2 Å². The molecule has 0 unspecified atom stereocenters. The van der Waals surface area contributed by atoms with Gasteiger partial charge in [-0.3, -0.25) is 4.79 Å². The van der Waals surface area contributed by atoms with Crippen LogP contribution in [0.25, 0.3) is 0 Å². The van der Waals surface area contributed by atoms with Crippen LogP contribution in [0, 0.1) is 6.92 Å². The van der Waals surface area contributed by atoms with Gasteiger partial charge in [0.05, 0.1) is 23.9 Å². The number of thiazole rings is 1. The summed E-state index contributed by atoms with van der Waals surface area (Å²) in [6.07, 6.45) is 2.31. The Kier molecular flexibility index (Phi) is 3.70. The van der Waals surface area contributed by atoms with Crippen molar-refractivity contribution >= 4 is 29.1 Å². The first-order chi connectivity index (χ1) is 9.63. The van der Waals surface area contributed by atoms with Crippen molar-refractivity contribution in [2.24, 2.45) is 0 Å². The lowest BCUT2D eigenvalue weighted by molar-refractivity contribution is -0.136. The summed E-state index contributed by atoms with van der Waals surface area (Å²) in [5, 5.41) is 20.6. The predicted molar refractivity (Wildman–Crippen MR) is 73.8 cm³/mol. The van der Waals surface area contributed by atoms with Gasteiger partial charge in [0.2, 0.25) is 0 Å². The number of thioether (sulfide) groups is 1. The van der Waals surface area contributed by atoms with Crippen molar-refractivity contribution in [3.05, 3.63) is 16.4 Å². The summed E-state index contributed by atoms with van der Waals surface area (Å²) in [6, 6.07) is 0.459. The molecule has 0 spiro atoms. The van der Waals surface area contributed by atoms with E-state index in [9.17, 15) is 4.79 Å². The number of hydrogen-bond donors (Lipinski definition) is 1. The van der Waals surface area contributed by atoms with Crippen LogP contribution in [0.1, 0.15) is 35.3 Å². The van der Waals surface area contributed by atoms with Gasteiger partial charge in [0.1, 0.15) is 0 Å². The summed E-state index contributed by atoms with van der Waals surface area (Å²) in [7, 11) is 0. The van der Waals surface area contributed by atoms with Crippen LogP contribution >= 0.6 is 23.1 Å². The molecule has 1 fully saturated rings. The maximum Gasteiger partial charge on any atom is 0.308 e. The second-order valence-corrected chi connectivity index (χ2v) is 6.92. The van der Waals surface area contributed by atoms with Crippen molar-refractivity contribution in [3.63, 3.8) is 0 Å². The number of carbonyl (C=O) groups is 1. The number of rotatable bonds is 6. The van der Waals surface area contributed by atoms with E-state index in [4.69, 9.17) is 5.11 Å². The summed E-state index contributed by atoms with van der Waals surface area (Å²) in [6.45, 7) is 1.84. The van der Waals surface area contributed by atoms with E-state index in [0.29, 0.717) is 11.8 Å². The molecule has 7 nitrogen and oxygen atoms in total. The van der Waals surface area contributed by atoms with E-state index in [0.717, 1.165) is 33.6 Å². The van der Waals surface area contributed by atoms with E-state index in [1.54, 1.807) is 11.8 Å². The van der Waals surface area contributed by atoms with Crippen LogP contribution in [-0.2, 0) is 17.0 Å². The number of aliphatic carboxylic acids is 1. The average molecular weight is 311 g/mol. The third-order valence-corrected chi connectivity index (χ3v) is 5.26. The number of carboxylic acid groups (broad SMARTS) is 1. The van der Waals surface area contributed by atoms with Crippen LogP contribution in [0.5, 0.6) is 0 Å². The number of aryl methyl sites for hydroxylation is 1. The highest BCUT2D eigenvalue weighted by Gasteiger charge is 2.27. The maximum atomic E-state index is 10.7. The van der Waals surface area contributed by atoms with Gasteiger partial charge in [0, 0.05) is 4.88 Å². The Labute approximate surface area is 123 Å². The molecular weight excluding hydrogens is 298 g/mol. The van der Waals surface area contributed by atoms with E-state index >= 15 is 0 Å². The van der Waals surface area contributed by atoms with Gasteiger partial charge in [-0.25, -0.2) is 9.67 Å². The Hall–Kier alpha value is -1.48. The topological polar surface area (TPSA) is 93.8 Å². The zero-order chi connectivity index (χ0) is 14.1. The van der Waals surface area contributed by atoms with Gasteiger partial charge in [-0.1, -0.05) is 11.8 Å². The smallest absolute Gasteiger partial charge is 0.308 e. The highest BCUT2D eigenvalue weighted by atomic mass is 32.2. The average Bonchev–Trinajstić information content (AvgIpc) is 3.03. The number of hydrogen-bond acceptors (Lipinski definition) is 7. The van der Waals surface area contributed by atoms with Crippen LogP contribution in [0.4, 0.5) is 0 Å². The Morgan fingerprint density at radius 1 is 1.55 bits per heavy atom. The van der Waals surface area contributed by atoms with Crippen molar-refractivity contribution < 1.29 is 9.90 Å². The molecule has 0 aromatic carbocycles. The molecule has 1 aliphatic carbocycles. The fourth-order valence-corrected chi connectivity index (χ4v) is 3.94. The molecule has 3 rings (SSSR count). The molecule has 2 aromatic rings. The first-order valence-corrected chi connectivity index (χ1v) is 8.01. The SMILES string of the molecule is Cc1nc(SCc2nnnn2C2CC2)sc1CC(=O)O. The molecule has 1 aliphatic rings. The molecule has 0 atom stereocenters.